The quantitative estimate of drug-likeness (QED) is 0.872. The predicted molar refractivity (Wildman–Crippen MR) is 75.5 cm³/mol. The van der Waals surface area contributed by atoms with Crippen molar-refractivity contribution in [3.8, 4) is 5.75 Å². The van der Waals surface area contributed by atoms with Crippen LogP contribution in [0.5, 0.6) is 5.75 Å². The number of carboxylic acids is 1. The number of ether oxygens (including phenoxy) is 2. The number of anilines is 1. The van der Waals surface area contributed by atoms with E-state index < -0.39 is 17.9 Å². The lowest BCUT2D eigenvalue weighted by molar-refractivity contribution is -0.142. The number of likely N-dealkylation sites (N-methyl/N-ethyl adjacent to an activating group) is 1. The molecule has 1 aromatic rings. The second-order valence-electron chi connectivity index (χ2n) is 4.82. The summed E-state index contributed by atoms with van der Waals surface area (Å²) in [5.74, 6) is -1.03. The van der Waals surface area contributed by atoms with Crippen LogP contribution in [0, 0.1) is 5.92 Å². The summed E-state index contributed by atoms with van der Waals surface area (Å²) >= 11 is 0. The van der Waals surface area contributed by atoms with Crippen molar-refractivity contribution in [2.24, 2.45) is 5.92 Å². The first kappa shape index (κ1) is 15.1. The van der Waals surface area contributed by atoms with E-state index in [4.69, 9.17) is 14.6 Å². The summed E-state index contributed by atoms with van der Waals surface area (Å²) in [4.78, 5) is 24.7. The molecule has 0 spiro atoms. The number of carbonyl (C=O) groups is 2. The van der Waals surface area contributed by atoms with Gasteiger partial charge in [0.2, 0.25) is 0 Å². The lowest BCUT2D eigenvalue weighted by Gasteiger charge is -2.26. The van der Waals surface area contributed by atoms with Crippen molar-refractivity contribution in [3.05, 3.63) is 24.3 Å². The molecule has 0 bridgehead atoms. The highest BCUT2D eigenvalue weighted by atomic mass is 16.5. The Kier molecular flexibility index (Phi) is 4.64. The first-order valence-corrected chi connectivity index (χ1v) is 6.51. The minimum atomic E-state index is -0.960. The van der Waals surface area contributed by atoms with Gasteiger partial charge in [0.05, 0.1) is 26.4 Å². The summed E-state index contributed by atoms with van der Waals surface area (Å²) in [6.45, 7) is 0.343. The third-order valence-electron chi connectivity index (χ3n) is 3.51. The molecule has 2 N–H and O–H groups in total. The van der Waals surface area contributed by atoms with Gasteiger partial charge in [-0.1, -0.05) is 6.07 Å². The van der Waals surface area contributed by atoms with Gasteiger partial charge in [0.15, 0.2) is 0 Å². The fourth-order valence-electron chi connectivity index (χ4n) is 2.22. The van der Waals surface area contributed by atoms with Crippen molar-refractivity contribution < 1.29 is 24.2 Å². The Labute approximate surface area is 122 Å². The van der Waals surface area contributed by atoms with Gasteiger partial charge in [0.25, 0.3) is 0 Å². The van der Waals surface area contributed by atoms with Crippen LogP contribution in [0.2, 0.25) is 0 Å². The summed E-state index contributed by atoms with van der Waals surface area (Å²) in [5, 5.41) is 11.8. The normalized spacial score (nSPS) is 20.9. The molecule has 2 amide bonds. The molecule has 2 unspecified atom stereocenters. The van der Waals surface area contributed by atoms with Crippen LogP contribution in [0.15, 0.2) is 24.3 Å². The number of methoxy groups -OCH3 is 1. The first-order valence-electron chi connectivity index (χ1n) is 6.51. The average Bonchev–Trinajstić information content (AvgIpc) is 2.96. The Morgan fingerprint density at radius 3 is 2.86 bits per heavy atom. The van der Waals surface area contributed by atoms with Crippen LogP contribution >= 0.6 is 0 Å². The SMILES string of the molecule is COc1cccc(NC(=O)N(C)C2COCC2C(=O)O)c1. The Morgan fingerprint density at radius 1 is 1.43 bits per heavy atom. The van der Waals surface area contributed by atoms with E-state index in [0.29, 0.717) is 11.4 Å². The number of urea groups is 1. The summed E-state index contributed by atoms with van der Waals surface area (Å²) in [7, 11) is 3.10. The lowest BCUT2D eigenvalue weighted by atomic mass is 10.0. The molecule has 0 radical (unpaired) electrons. The second-order valence-corrected chi connectivity index (χ2v) is 4.82. The molecule has 114 valence electrons. The topological polar surface area (TPSA) is 88.1 Å². The van der Waals surface area contributed by atoms with Crippen LogP contribution in [0.4, 0.5) is 10.5 Å². The third kappa shape index (κ3) is 3.43. The van der Waals surface area contributed by atoms with E-state index in [0.717, 1.165) is 0 Å². The minimum Gasteiger partial charge on any atom is -0.497 e. The Morgan fingerprint density at radius 2 is 2.19 bits per heavy atom. The molecule has 1 saturated heterocycles. The highest BCUT2D eigenvalue weighted by Gasteiger charge is 2.38. The molecule has 0 saturated carbocycles. The smallest absolute Gasteiger partial charge is 0.321 e. The number of carbonyl (C=O) groups excluding carboxylic acids is 1. The van der Waals surface area contributed by atoms with Crippen LogP contribution < -0.4 is 10.1 Å². The van der Waals surface area contributed by atoms with Gasteiger partial charge in [-0.25, -0.2) is 4.79 Å². The number of nitrogens with zero attached hydrogens (tertiary/aromatic N) is 1. The number of benzene rings is 1. The summed E-state index contributed by atoms with van der Waals surface area (Å²) in [6, 6.07) is 6.08. The van der Waals surface area contributed by atoms with Gasteiger partial charge in [0.1, 0.15) is 11.7 Å². The molecule has 1 aliphatic heterocycles. The van der Waals surface area contributed by atoms with Crippen LogP contribution in [0.25, 0.3) is 0 Å². The Hall–Kier alpha value is -2.28. The van der Waals surface area contributed by atoms with Crippen molar-refractivity contribution in [2.75, 3.05) is 32.7 Å². The van der Waals surface area contributed by atoms with E-state index in [1.807, 2.05) is 0 Å². The fraction of sp³-hybridized carbons (Fsp3) is 0.429. The molecule has 1 aromatic carbocycles. The van der Waals surface area contributed by atoms with E-state index in [-0.39, 0.29) is 19.2 Å². The zero-order chi connectivity index (χ0) is 15.4. The maximum absolute atomic E-state index is 12.2. The Balaban J connectivity index is 2.03. The zero-order valence-electron chi connectivity index (χ0n) is 11.9. The van der Waals surface area contributed by atoms with Gasteiger partial charge in [-0.05, 0) is 12.1 Å². The van der Waals surface area contributed by atoms with E-state index in [1.165, 1.54) is 4.90 Å². The van der Waals surface area contributed by atoms with E-state index in [2.05, 4.69) is 5.32 Å². The van der Waals surface area contributed by atoms with Crippen LogP contribution in [-0.2, 0) is 9.53 Å². The maximum Gasteiger partial charge on any atom is 0.321 e. The number of amides is 2. The number of carboxylic acid groups (broad SMARTS) is 1. The number of hydrogen-bond donors (Lipinski definition) is 2. The molecule has 7 nitrogen and oxygen atoms in total. The molecule has 1 fully saturated rings. The zero-order valence-corrected chi connectivity index (χ0v) is 11.9. The fourth-order valence-corrected chi connectivity index (χ4v) is 2.22. The molecule has 2 atom stereocenters. The van der Waals surface area contributed by atoms with Gasteiger partial charge >= 0.3 is 12.0 Å². The summed E-state index contributed by atoms with van der Waals surface area (Å²) in [6.07, 6.45) is 0. The molecular weight excluding hydrogens is 276 g/mol. The van der Waals surface area contributed by atoms with E-state index >= 15 is 0 Å². The van der Waals surface area contributed by atoms with E-state index in [1.54, 1.807) is 38.4 Å². The maximum atomic E-state index is 12.2. The third-order valence-corrected chi connectivity index (χ3v) is 3.51. The van der Waals surface area contributed by atoms with Crippen LogP contribution in [0.1, 0.15) is 0 Å². The second kappa shape index (κ2) is 6.45. The molecular formula is C14H18N2O5. The average molecular weight is 294 g/mol. The number of rotatable bonds is 4. The van der Waals surface area contributed by atoms with Gasteiger partial charge in [0, 0.05) is 18.8 Å². The predicted octanol–water partition coefficient (Wildman–Crippen LogP) is 1.26. The highest BCUT2D eigenvalue weighted by molar-refractivity contribution is 5.90. The van der Waals surface area contributed by atoms with Crippen molar-refractivity contribution >= 4 is 17.7 Å². The van der Waals surface area contributed by atoms with Crippen molar-refractivity contribution in [1.82, 2.24) is 4.90 Å². The molecule has 1 heterocycles. The highest BCUT2D eigenvalue weighted by Crippen LogP contribution is 2.21. The molecule has 7 heteroatoms. The number of nitrogens with one attached hydrogen (secondary N) is 1. The van der Waals surface area contributed by atoms with Gasteiger partial charge < -0.3 is 24.8 Å². The molecule has 2 rings (SSSR count). The molecule has 0 aliphatic carbocycles. The Bertz CT molecular complexity index is 534. The number of hydrogen-bond acceptors (Lipinski definition) is 4. The molecule has 0 aromatic heterocycles. The van der Waals surface area contributed by atoms with Crippen molar-refractivity contribution in [2.45, 2.75) is 6.04 Å². The molecule has 1 aliphatic rings. The lowest BCUT2D eigenvalue weighted by Crippen LogP contribution is -2.45. The van der Waals surface area contributed by atoms with Crippen LogP contribution in [0.3, 0.4) is 0 Å². The van der Waals surface area contributed by atoms with Gasteiger partial charge in [-0.3, -0.25) is 4.79 Å². The first-order chi connectivity index (χ1) is 10.0. The van der Waals surface area contributed by atoms with Gasteiger partial charge in [-0.2, -0.15) is 0 Å². The standard InChI is InChI=1S/C14H18N2O5/c1-16(12-8-21-7-11(12)13(17)18)14(19)15-9-4-3-5-10(6-9)20-2/h3-6,11-12H,7-8H2,1-2H3,(H,15,19)(H,17,18). The monoisotopic (exact) mass is 294 g/mol. The van der Waals surface area contributed by atoms with E-state index in [9.17, 15) is 9.59 Å². The largest absolute Gasteiger partial charge is 0.497 e. The van der Waals surface area contributed by atoms with Gasteiger partial charge in [-0.15, -0.1) is 0 Å². The summed E-state index contributed by atoms with van der Waals surface area (Å²) in [5.41, 5.74) is 0.581. The van der Waals surface area contributed by atoms with Crippen molar-refractivity contribution in [3.63, 3.8) is 0 Å². The van der Waals surface area contributed by atoms with Crippen molar-refractivity contribution in [1.29, 1.82) is 0 Å². The van der Waals surface area contributed by atoms with Crippen LogP contribution in [-0.4, -0.2) is 55.4 Å². The molecule has 21 heavy (non-hydrogen) atoms. The summed E-state index contributed by atoms with van der Waals surface area (Å²) < 4.78 is 10.2. The minimum absolute atomic E-state index is 0.122. The number of aliphatic carboxylic acids is 1.